The van der Waals surface area contributed by atoms with Gasteiger partial charge in [-0.15, -0.1) is 0 Å². The molecular weight excluding hydrogens is 1780 g/mol. The molecule has 0 aliphatic carbocycles. The first-order valence-corrected chi connectivity index (χ1v) is 50.9. The van der Waals surface area contributed by atoms with Crippen LogP contribution in [0.2, 0.25) is 0 Å². The fourth-order valence-electron chi connectivity index (χ4n) is 15.1. The average molecular weight is 1930 g/mol. The second kappa shape index (κ2) is 64.9. The molecule has 0 saturated carbocycles. The zero-order chi connectivity index (χ0) is 99.4. The zero-order valence-corrected chi connectivity index (χ0v) is 83.1. The molecule has 11 rings (SSSR count). The Morgan fingerprint density at radius 1 is 0.229 bits per heavy atom. The molecule has 11 aromatic carbocycles. The number of unbranched alkanes of at least 4 members (excludes halogenated alkanes) is 29. The molecule has 744 valence electrons. The van der Waals surface area contributed by atoms with Crippen LogP contribution in [0.4, 0.5) is 0 Å². The van der Waals surface area contributed by atoms with Gasteiger partial charge >= 0.3 is 35.8 Å². The van der Waals surface area contributed by atoms with Crippen molar-refractivity contribution in [3.63, 3.8) is 0 Å². The van der Waals surface area contributed by atoms with E-state index in [0.717, 1.165) is 104 Å². The van der Waals surface area contributed by atoms with E-state index in [9.17, 15) is 43.8 Å². The van der Waals surface area contributed by atoms with Crippen molar-refractivity contribution in [3.05, 3.63) is 305 Å². The predicted octanol–water partition coefficient (Wildman–Crippen LogP) is 31.0. The first-order chi connectivity index (χ1) is 68.4. The molecule has 0 spiro atoms. The molecule has 0 aromatic heterocycles. The SMILES string of the molecule is CCCCCCCCCCOc1ccc(-c2ccc(OC(=O)c3ccc(COC(=O)c4cc(O)ccc4O)cc3)cc2)cc1.CCCCCCCCCCOc1ccc(-c2ccc(OC(=O)c3ccc(COC(=O)c4cc(OC(=O)c5ccc(OCCCCCCCC)cc5)ccc4OC(=O)c4ccc(OCCCCCCCC)cc4)cc3)cc2)cc1.CCCCCCCCOc1ccc(C(=O)Cl)cc1. The van der Waals surface area contributed by atoms with E-state index in [1.165, 1.54) is 204 Å². The first kappa shape index (κ1) is 110. The van der Waals surface area contributed by atoms with Gasteiger partial charge in [-0.3, -0.25) is 4.79 Å². The number of carbonyl (C=O) groups is 7. The van der Waals surface area contributed by atoms with Crippen molar-refractivity contribution in [2.45, 2.75) is 266 Å². The van der Waals surface area contributed by atoms with Gasteiger partial charge in [-0.25, -0.2) is 28.8 Å². The largest absolute Gasteiger partial charge is 0.508 e. The van der Waals surface area contributed by atoms with Crippen LogP contribution in [0.25, 0.3) is 22.3 Å². The number of aromatic hydroxyl groups is 2. The van der Waals surface area contributed by atoms with Gasteiger partial charge in [0.25, 0.3) is 5.24 Å². The number of phenolic OH excluding ortho intramolecular Hbond substituents is 2. The van der Waals surface area contributed by atoms with Gasteiger partial charge < -0.3 is 62.3 Å². The average Bonchev–Trinajstić information content (AvgIpc) is 0.818. The van der Waals surface area contributed by atoms with Crippen molar-refractivity contribution in [3.8, 4) is 85.5 Å². The summed E-state index contributed by atoms with van der Waals surface area (Å²) >= 11 is 5.36. The summed E-state index contributed by atoms with van der Waals surface area (Å²) in [6, 6.07) is 71.6. The van der Waals surface area contributed by atoms with E-state index in [-0.39, 0.29) is 58.5 Å². The molecule has 0 atom stereocenters. The van der Waals surface area contributed by atoms with Crippen molar-refractivity contribution >= 4 is 52.7 Å². The highest BCUT2D eigenvalue weighted by Gasteiger charge is 2.23. The number of ether oxygens (including phenoxy) is 11. The molecule has 0 aliphatic heterocycles. The number of halogens is 1. The Kier molecular flexibility index (Phi) is 51.2. The zero-order valence-electron chi connectivity index (χ0n) is 82.4. The van der Waals surface area contributed by atoms with E-state index in [1.807, 2.05) is 72.8 Å². The van der Waals surface area contributed by atoms with Gasteiger partial charge in [-0.2, -0.15) is 0 Å². The van der Waals surface area contributed by atoms with Gasteiger partial charge in [0.05, 0.1) is 55.3 Å². The lowest BCUT2D eigenvalue weighted by atomic mass is 10.1. The van der Waals surface area contributed by atoms with Crippen molar-refractivity contribution < 1.29 is 95.9 Å². The van der Waals surface area contributed by atoms with Gasteiger partial charge in [0, 0.05) is 5.56 Å². The number of hydrogen-bond acceptors (Lipinski definition) is 20. The highest BCUT2D eigenvalue weighted by atomic mass is 35.5. The summed E-state index contributed by atoms with van der Waals surface area (Å²) < 4.78 is 62.9. The minimum absolute atomic E-state index is 0.0306. The van der Waals surface area contributed by atoms with Crippen LogP contribution in [0.3, 0.4) is 0 Å². The molecule has 11 aromatic rings. The Balaban J connectivity index is 0.000000292. The number of esters is 6. The van der Waals surface area contributed by atoms with Gasteiger partial charge in [0.2, 0.25) is 0 Å². The molecule has 0 aliphatic rings. The molecule has 2 N–H and O–H groups in total. The van der Waals surface area contributed by atoms with E-state index < -0.39 is 41.1 Å². The van der Waals surface area contributed by atoms with E-state index in [4.69, 9.17) is 63.7 Å². The minimum atomic E-state index is -0.841. The van der Waals surface area contributed by atoms with Crippen molar-refractivity contribution in [2.24, 2.45) is 0 Å². The number of rotatable bonds is 61. The monoisotopic (exact) mass is 1920 g/mol. The highest BCUT2D eigenvalue weighted by molar-refractivity contribution is 6.67. The molecule has 0 radical (unpaired) electrons. The summed E-state index contributed by atoms with van der Waals surface area (Å²) in [6.07, 6.45) is 41.6. The Labute approximate surface area is 833 Å². The smallest absolute Gasteiger partial charge is 0.343 e. The Bertz CT molecular complexity index is 5430. The maximum Gasteiger partial charge on any atom is 0.343 e. The van der Waals surface area contributed by atoms with E-state index >= 15 is 0 Å². The quantitative estimate of drug-likeness (QED) is 0.0118. The van der Waals surface area contributed by atoms with Crippen molar-refractivity contribution in [2.75, 3.05) is 33.0 Å². The lowest BCUT2D eigenvalue weighted by Gasteiger charge is -2.13. The predicted molar refractivity (Wildman–Crippen MR) is 553 cm³/mol. The van der Waals surface area contributed by atoms with E-state index in [1.54, 1.807) is 146 Å². The summed E-state index contributed by atoms with van der Waals surface area (Å²) in [4.78, 5) is 89.6. The van der Waals surface area contributed by atoms with Gasteiger partial charge in [-0.1, -0.05) is 294 Å². The molecule has 0 amide bonds. The third-order valence-electron chi connectivity index (χ3n) is 23.5. The first-order valence-electron chi connectivity index (χ1n) is 50.5. The Morgan fingerprint density at radius 2 is 0.471 bits per heavy atom. The maximum atomic E-state index is 13.9. The minimum Gasteiger partial charge on any atom is -0.508 e. The van der Waals surface area contributed by atoms with E-state index in [2.05, 4.69) is 34.6 Å². The molecule has 21 heteroatoms. The number of phenols is 2. The second-order valence-electron chi connectivity index (χ2n) is 34.9. The third-order valence-corrected chi connectivity index (χ3v) is 23.7. The van der Waals surface area contributed by atoms with Gasteiger partial charge in [-0.05, 0) is 259 Å². The topological polar surface area (TPSA) is 261 Å². The molecule has 0 fully saturated rings. The standard InChI is InChI=1S/C67H80O11.C37H40O7.C15H21ClO2/c1-4-7-10-13-16-17-20-23-48-72-57-36-28-52(29-37-57)53-30-42-60(43-31-53)76-64(68)54-26-24-51(25-27-54)50-75-67(71)62-49-61(77-65(69)55-32-38-58(39-33-55)73-46-21-18-14-11-8-5-2)44-45-63(62)78-66(70)56-34-40-59(41-35-56)74-47-22-19-15-12-9-6-3;1-2-3-4-5-6-7-8-9-24-42-32-19-14-28(15-20-32)29-16-21-33(22-17-29)44-36(40)30-12-10-27(11-13-30)26-43-37(41)34-25-31(38)18-23-35(34)39;1-2-3-4-5-6-7-12-18-14-10-8-13(9-11-14)15(16)17/h24-45,49H,4-23,46-48,50H2,1-3H3;10-23,25,38-39H,2-9,24,26H2,1H3;8-11H,2-7,12H2,1H3. The summed E-state index contributed by atoms with van der Waals surface area (Å²) in [7, 11) is 0. The molecule has 0 unspecified atom stereocenters. The Morgan fingerprint density at radius 3 is 0.771 bits per heavy atom. The van der Waals surface area contributed by atoms with Crippen LogP contribution in [-0.2, 0) is 22.7 Å². The second-order valence-corrected chi connectivity index (χ2v) is 35.2. The number of carbonyl (C=O) groups excluding carboxylic acids is 7. The van der Waals surface area contributed by atoms with Crippen molar-refractivity contribution in [1.82, 2.24) is 0 Å². The molecule has 140 heavy (non-hydrogen) atoms. The van der Waals surface area contributed by atoms with Gasteiger partial charge in [0.1, 0.15) is 87.6 Å². The summed E-state index contributed by atoms with van der Waals surface area (Å²) in [6.45, 7) is 14.2. The van der Waals surface area contributed by atoms with Crippen LogP contribution in [0.1, 0.15) is 337 Å². The molecule has 20 nitrogen and oxygen atoms in total. The van der Waals surface area contributed by atoms with Crippen LogP contribution in [0, 0.1) is 0 Å². The van der Waals surface area contributed by atoms with E-state index in [0.29, 0.717) is 70.6 Å². The fraction of sp³-hybridized carbons (Fsp3) is 0.387. The summed E-state index contributed by atoms with van der Waals surface area (Å²) in [5.74, 6) is 0.0406. The van der Waals surface area contributed by atoms with Crippen LogP contribution in [0.5, 0.6) is 63.2 Å². The lowest BCUT2D eigenvalue weighted by molar-refractivity contribution is 0.0457. The van der Waals surface area contributed by atoms with Crippen LogP contribution in [-0.4, -0.2) is 84.3 Å². The highest BCUT2D eigenvalue weighted by Crippen LogP contribution is 2.33. The van der Waals surface area contributed by atoms with Crippen LogP contribution in [0.15, 0.2) is 255 Å². The van der Waals surface area contributed by atoms with Crippen LogP contribution >= 0.6 is 11.6 Å². The lowest BCUT2D eigenvalue weighted by Crippen LogP contribution is -2.14. The normalized spacial score (nSPS) is 10.8. The summed E-state index contributed by atoms with van der Waals surface area (Å²) in [5, 5.41) is 18.9. The maximum absolute atomic E-state index is 13.9. The van der Waals surface area contributed by atoms with Crippen LogP contribution < -0.4 is 42.6 Å². The number of hydrogen-bond donors (Lipinski definition) is 2. The molecule has 0 heterocycles. The summed E-state index contributed by atoms with van der Waals surface area (Å²) in [5.41, 5.74) is 6.63. The van der Waals surface area contributed by atoms with Gasteiger partial charge in [0.15, 0.2) is 0 Å². The Hall–Kier alpha value is -13.2. The number of benzene rings is 11. The third kappa shape index (κ3) is 41.8. The van der Waals surface area contributed by atoms with Crippen molar-refractivity contribution in [1.29, 1.82) is 0 Å². The fourth-order valence-corrected chi connectivity index (χ4v) is 15.3. The molecular formula is C119H141ClO20. The molecule has 0 bridgehead atoms. The molecule has 0 saturated heterocycles.